The Labute approximate surface area is 145 Å². The van der Waals surface area contributed by atoms with Crippen LogP contribution in [0.4, 0.5) is 0 Å². The predicted molar refractivity (Wildman–Crippen MR) is 98.3 cm³/mol. The van der Waals surface area contributed by atoms with Gasteiger partial charge in [0.1, 0.15) is 5.82 Å². The second-order valence-electron chi connectivity index (χ2n) is 5.90. The number of hydrogen-bond donors (Lipinski definition) is 0. The van der Waals surface area contributed by atoms with Crippen molar-refractivity contribution < 1.29 is 0 Å². The Bertz CT molecular complexity index is 1040. The average molecular weight is 337 g/mol. The number of halogens is 1. The first-order valence-corrected chi connectivity index (χ1v) is 8.46. The van der Waals surface area contributed by atoms with E-state index in [1.807, 2.05) is 48.5 Å². The van der Waals surface area contributed by atoms with Crippen molar-refractivity contribution >= 4 is 33.9 Å². The van der Waals surface area contributed by atoms with E-state index in [2.05, 4.69) is 18.4 Å². The van der Waals surface area contributed by atoms with Gasteiger partial charge in [-0.05, 0) is 37.6 Å². The number of aromatic nitrogens is 4. The van der Waals surface area contributed by atoms with Crippen LogP contribution in [0.15, 0.2) is 48.5 Å². The van der Waals surface area contributed by atoms with E-state index < -0.39 is 0 Å². The average Bonchev–Trinajstić information content (AvgIpc) is 2.97. The van der Waals surface area contributed by atoms with Crippen LogP contribution in [0, 0.1) is 0 Å². The Morgan fingerprint density at radius 2 is 1.62 bits per heavy atom. The molecule has 1 atom stereocenters. The normalized spacial score (nSPS) is 12.8. The summed E-state index contributed by atoms with van der Waals surface area (Å²) in [6.45, 7) is 4.32. The molecule has 2 heterocycles. The third-order valence-corrected chi connectivity index (χ3v) is 4.68. The Balaban J connectivity index is 2.09. The van der Waals surface area contributed by atoms with Crippen LogP contribution in [0.3, 0.4) is 0 Å². The van der Waals surface area contributed by atoms with Gasteiger partial charge in [0.2, 0.25) is 0 Å². The fourth-order valence-corrected chi connectivity index (χ4v) is 3.13. The molecule has 24 heavy (non-hydrogen) atoms. The Morgan fingerprint density at radius 1 is 0.958 bits per heavy atom. The molecule has 0 fully saturated rings. The van der Waals surface area contributed by atoms with Gasteiger partial charge in [0.15, 0.2) is 11.3 Å². The first-order chi connectivity index (χ1) is 11.7. The molecule has 0 saturated heterocycles. The van der Waals surface area contributed by atoms with Crippen molar-refractivity contribution in [2.24, 2.45) is 0 Å². The lowest BCUT2D eigenvalue weighted by atomic mass is 10.2. The molecule has 1 unspecified atom stereocenters. The SMILES string of the molecule is CCC(C)n1c(-c2ccccc2Cl)nc2nc3ccccc3nc21. The van der Waals surface area contributed by atoms with Crippen LogP contribution in [0.1, 0.15) is 26.3 Å². The molecule has 120 valence electrons. The summed E-state index contributed by atoms with van der Waals surface area (Å²) in [5, 5.41) is 0.682. The van der Waals surface area contributed by atoms with Crippen LogP contribution in [-0.2, 0) is 0 Å². The molecule has 5 heteroatoms. The molecule has 0 saturated carbocycles. The zero-order valence-corrected chi connectivity index (χ0v) is 14.3. The molecule has 0 aliphatic heterocycles. The summed E-state index contributed by atoms with van der Waals surface area (Å²) in [4.78, 5) is 14.3. The topological polar surface area (TPSA) is 43.6 Å². The minimum Gasteiger partial charge on any atom is -0.304 e. The molecule has 0 aliphatic rings. The fraction of sp³-hybridized carbons (Fsp3) is 0.211. The Hall–Kier alpha value is -2.46. The Kier molecular flexibility index (Phi) is 3.69. The standard InChI is InChI=1S/C19H17ClN4/c1-3-12(2)24-18(13-8-4-5-9-14(13)20)23-17-19(24)22-16-11-7-6-10-15(16)21-17/h4-12H,3H2,1-2H3. The number of nitrogens with zero attached hydrogens (tertiary/aromatic N) is 4. The van der Waals surface area contributed by atoms with E-state index in [4.69, 9.17) is 26.6 Å². The molecule has 0 spiro atoms. The number of fused-ring (bicyclic) bond motifs is 2. The van der Waals surface area contributed by atoms with Gasteiger partial charge in [0.25, 0.3) is 0 Å². The van der Waals surface area contributed by atoms with Gasteiger partial charge in [0.05, 0.1) is 16.1 Å². The second kappa shape index (κ2) is 5.87. The van der Waals surface area contributed by atoms with Crippen LogP contribution in [-0.4, -0.2) is 19.5 Å². The first kappa shape index (κ1) is 15.1. The van der Waals surface area contributed by atoms with Crippen LogP contribution >= 0.6 is 11.6 Å². The van der Waals surface area contributed by atoms with Crippen LogP contribution in [0.2, 0.25) is 5.02 Å². The van der Waals surface area contributed by atoms with Gasteiger partial charge in [0, 0.05) is 11.6 Å². The number of para-hydroxylation sites is 2. The third-order valence-electron chi connectivity index (χ3n) is 4.35. The molecule has 0 radical (unpaired) electrons. The van der Waals surface area contributed by atoms with Crippen molar-refractivity contribution in [2.45, 2.75) is 26.3 Å². The molecule has 0 N–H and O–H groups in total. The first-order valence-electron chi connectivity index (χ1n) is 8.08. The lowest BCUT2D eigenvalue weighted by molar-refractivity contribution is 0.547. The lowest BCUT2D eigenvalue weighted by Gasteiger charge is -2.15. The smallest absolute Gasteiger partial charge is 0.198 e. The maximum atomic E-state index is 6.42. The number of rotatable bonds is 3. The van der Waals surface area contributed by atoms with Crippen molar-refractivity contribution in [3.05, 3.63) is 53.6 Å². The van der Waals surface area contributed by atoms with E-state index >= 15 is 0 Å². The van der Waals surface area contributed by atoms with Crippen LogP contribution in [0.5, 0.6) is 0 Å². The predicted octanol–water partition coefficient (Wildman–Crippen LogP) is 5.27. The van der Waals surface area contributed by atoms with Gasteiger partial charge < -0.3 is 4.57 Å². The molecule has 4 aromatic rings. The largest absolute Gasteiger partial charge is 0.304 e. The molecule has 2 aromatic heterocycles. The van der Waals surface area contributed by atoms with Crippen molar-refractivity contribution in [2.75, 3.05) is 0 Å². The van der Waals surface area contributed by atoms with Gasteiger partial charge in [-0.3, -0.25) is 0 Å². The van der Waals surface area contributed by atoms with Gasteiger partial charge in [-0.15, -0.1) is 0 Å². The van der Waals surface area contributed by atoms with Crippen LogP contribution < -0.4 is 0 Å². The van der Waals surface area contributed by atoms with Crippen molar-refractivity contribution in [3.63, 3.8) is 0 Å². The molecule has 4 nitrogen and oxygen atoms in total. The van der Waals surface area contributed by atoms with Gasteiger partial charge >= 0.3 is 0 Å². The van der Waals surface area contributed by atoms with Gasteiger partial charge in [-0.1, -0.05) is 42.8 Å². The molecular weight excluding hydrogens is 320 g/mol. The maximum absolute atomic E-state index is 6.42. The molecular formula is C19H17ClN4. The number of benzene rings is 2. The second-order valence-corrected chi connectivity index (χ2v) is 6.31. The fourth-order valence-electron chi connectivity index (χ4n) is 2.91. The van der Waals surface area contributed by atoms with E-state index in [9.17, 15) is 0 Å². The van der Waals surface area contributed by atoms with Gasteiger partial charge in [-0.2, -0.15) is 0 Å². The summed E-state index contributed by atoms with van der Waals surface area (Å²) in [6, 6.07) is 15.9. The highest BCUT2D eigenvalue weighted by Crippen LogP contribution is 2.32. The molecule has 2 aromatic carbocycles. The third kappa shape index (κ3) is 2.34. The summed E-state index contributed by atoms with van der Waals surface area (Å²) in [7, 11) is 0. The van der Waals surface area contributed by atoms with Crippen molar-refractivity contribution in [1.29, 1.82) is 0 Å². The highest BCUT2D eigenvalue weighted by atomic mass is 35.5. The minimum absolute atomic E-state index is 0.247. The van der Waals surface area contributed by atoms with Gasteiger partial charge in [-0.25, -0.2) is 15.0 Å². The molecule has 4 rings (SSSR count). The van der Waals surface area contributed by atoms with E-state index in [-0.39, 0.29) is 6.04 Å². The molecule has 0 amide bonds. The van der Waals surface area contributed by atoms with E-state index in [0.29, 0.717) is 10.7 Å². The van der Waals surface area contributed by atoms with E-state index in [1.165, 1.54) is 0 Å². The number of hydrogen-bond acceptors (Lipinski definition) is 3. The van der Waals surface area contributed by atoms with E-state index in [1.54, 1.807) is 0 Å². The summed E-state index contributed by atoms with van der Waals surface area (Å²) >= 11 is 6.42. The van der Waals surface area contributed by atoms with Crippen LogP contribution in [0.25, 0.3) is 33.7 Å². The zero-order chi connectivity index (χ0) is 16.7. The summed E-state index contributed by atoms with van der Waals surface area (Å²) in [5.74, 6) is 0.820. The molecule has 0 bridgehead atoms. The summed E-state index contributed by atoms with van der Waals surface area (Å²) < 4.78 is 2.15. The Morgan fingerprint density at radius 3 is 2.33 bits per heavy atom. The highest BCUT2D eigenvalue weighted by Gasteiger charge is 2.20. The minimum atomic E-state index is 0.247. The quantitative estimate of drug-likeness (QED) is 0.511. The number of imidazole rings is 1. The van der Waals surface area contributed by atoms with E-state index in [0.717, 1.165) is 34.5 Å². The summed E-state index contributed by atoms with van der Waals surface area (Å²) in [6.07, 6.45) is 0.970. The van der Waals surface area contributed by atoms with Crippen molar-refractivity contribution in [1.82, 2.24) is 19.5 Å². The lowest BCUT2D eigenvalue weighted by Crippen LogP contribution is -2.07. The van der Waals surface area contributed by atoms with Crippen molar-refractivity contribution in [3.8, 4) is 11.4 Å². The summed E-state index contributed by atoms with van der Waals surface area (Å²) in [5.41, 5.74) is 4.09. The highest BCUT2D eigenvalue weighted by molar-refractivity contribution is 6.33. The monoisotopic (exact) mass is 336 g/mol. The zero-order valence-electron chi connectivity index (χ0n) is 13.6. The molecule has 0 aliphatic carbocycles. The maximum Gasteiger partial charge on any atom is 0.198 e.